The number of aryl methyl sites for hydroxylation is 1. The minimum absolute atomic E-state index is 0.0457. The van der Waals surface area contributed by atoms with Crippen molar-refractivity contribution in [2.75, 3.05) is 26.3 Å². The Kier molecular flexibility index (Phi) is 7.27. The highest BCUT2D eigenvalue weighted by Gasteiger charge is 2.44. The number of para-hydroxylation sites is 1. The number of esters is 1. The molecule has 0 N–H and O–H groups in total. The zero-order valence-electron chi connectivity index (χ0n) is 19.1. The number of imidazole rings is 1. The number of rotatable bonds is 9. The van der Waals surface area contributed by atoms with Crippen molar-refractivity contribution in [2.24, 2.45) is 5.41 Å². The molecule has 0 aliphatic carbocycles. The van der Waals surface area contributed by atoms with Gasteiger partial charge in [-0.2, -0.15) is 0 Å². The molecule has 3 aromatic rings. The third-order valence-electron chi connectivity index (χ3n) is 6.24. The van der Waals surface area contributed by atoms with Gasteiger partial charge in [0.05, 0.1) is 24.3 Å². The molecule has 1 aliphatic heterocycles. The van der Waals surface area contributed by atoms with Crippen molar-refractivity contribution in [3.8, 4) is 5.75 Å². The lowest BCUT2D eigenvalue weighted by Crippen LogP contribution is -2.51. The molecule has 0 spiro atoms. The summed E-state index contributed by atoms with van der Waals surface area (Å²) < 4.78 is 13.3. The number of piperidine rings is 1. The van der Waals surface area contributed by atoms with E-state index in [9.17, 15) is 9.59 Å². The molecule has 7 heteroatoms. The van der Waals surface area contributed by atoms with Gasteiger partial charge in [-0.25, -0.2) is 4.98 Å². The zero-order valence-corrected chi connectivity index (χ0v) is 19.1. The molecule has 174 valence electrons. The molecule has 1 saturated heterocycles. The first-order valence-electron chi connectivity index (χ1n) is 11.7. The van der Waals surface area contributed by atoms with Crippen LogP contribution < -0.4 is 4.74 Å². The van der Waals surface area contributed by atoms with Crippen LogP contribution in [0.25, 0.3) is 5.65 Å². The second-order valence-electron chi connectivity index (χ2n) is 8.53. The summed E-state index contributed by atoms with van der Waals surface area (Å²) >= 11 is 0. The van der Waals surface area contributed by atoms with E-state index in [0.29, 0.717) is 52.0 Å². The first-order chi connectivity index (χ1) is 16.1. The van der Waals surface area contributed by atoms with E-state index in [0.717, 1.165) is 23.5 Å². The second kappa shape index (κ2) is 10.5. The van der Waals surface area contributed by atoms with Crippen molar-refractivity contribution in [3.63, 3.8) is 0 Å². The Hall–Kier alpha value is -3.35. The number of benzene rings is 1. The molecule has 4 rings (SSSR count). The topological polar surface area (TPSA) is 73.1 Å². The number of aromatic nitrogens is 2. The Bertz CT molecular complexity index is 1050. The third-order valence-corrected chi connectivity index (χ3v) is 6.24. The Morgan fingerprint density at radius 2 is 1.94 bits per heavy atom. The number of amides is 1. The second-order valence-corrected chi connectivity index (χ2v) is 8.53. The van der Waals surface area contributed by atoms with Crippen LogP contribution in [0.15, 0.2) is 60.9 Å². The lowest BCUT2D eigenvalue weighted by Gasteiger charge is -2.41. The number of fused-ring (bicyclic) bond motifs is 1. The molecule has 1 fully saturated rings. The fraction of sp³-hybridized carbons (Fsp3) is 0.423. The number of pyridine rings is 1. The summed E-state index contributed by atoms with van der Waals surface area (Å²) in [5, 5.41) is 0. The van der Waals surface area contributed by atoms with Gasteiger partial charge in [0.2, 0.25) is 5.91 Å². The summed E-state index contributed by atoms with van der Waals surface area (Å²) in [6, 6.07) is 15.4. The van der Waals surface area contributed by atoms with Gasteiger partial charge in [-0.05, 0) is 56.9 Å². The third kappa shape index (κ3) is 5.53. The molecule has 1 aliphatic rings. The molecule has 2 aromatic heterocycles. The lowest BCUT2D eigenvalue weighted by atomic mass is 9.77. The summed E-state index contributed by atoms with van der Waals surface area (Å²) in [6.45, 7) is 3.55. The van der Waals surface area contributed by atoms with E-state index in [1.54, 1.807) is 0 Å². The number of carbonyl (C=O) groups is 2. The minimum atomic E-state index is -0.734. The Morgan fingerprint density at radius 3 is 2.73 bits per heavy atom. The van der Waals surface area contributed by atoms with E-state index in [1.165, 1.54) is 0 Å². The zero-order chi connectivity index (χ0) is 23.1. The van der Waals surface area contributed by atoms with Gasteiger partial charge in [-0.3, -0.25) is 9.59 Å². The highest BCUT2D eigenvalue weighted by Crippen LogP contribution is 2.35. The van der Waals surface area contributed by atoms with E-state index in [1.807, 2.05) is 77.1 Å². The molecule has 1 amide bonds. The van der Waals surface area contributed by atoms with Crippen LogP contribution >= 0.6 is 0 Å². The highest BCUT2D eigenvalue weighted by molar-refractivity contribution is 5.81. The Labute approximate surface area is 194 Å². The molecule has 0 radical (unpaired) electrons. The van der Waals surface area contributed by atoms with Crippen LogP contribution in [-0.2, 0) is 20.7 Å². The van der Waals surface area contributed by atoms with Crippen LogP contribution in [0.2, 0.25) is 0 Å². The number of hydrogen-bond donors (Lipinski definition) is 0. The molecule has 0 bridgehead atoms. The van der Waals surface area contributed by atoms with Crippen molar-refractivity contribution in [1.29, 1.82) is 0 Å². The predicted molar refractivity (Wildman–Crippen MR) is 125 cm³/mol. The van der Waals surface area contributed by atoms with Crippen LogP contribution in [0.5, 0.6) is 5.75 Å². The quantitative estimate of drug-likeness (QED) is 0.463. The van der Waals surface area contributed by atoms with Crippen LogP contribution in [0.1, 0.15) is 38.3 Å². The summed E-state index contributed by atoms with van der Waals surface area (Å²) in [7, 11) is 0. The van der Waals surface area contributed by atoms with Crippen LogP contribution in [0, 0.1) is 5.41 Å². The van der Waals surface area contributed by atoms with Gasteiger partial charge in [0.15, 0.2) is 0 Å². The first kappa shape index (κ1) is 22.8. The van der Waals surface area contributed by atoms with Gasteiger partial charge >= 0.3 is 5.97 Å². The molecule has 0 saturated carbocycles. The average Bonchev–Trinajstić information content (AvgIpc) is 3.26. The van der Waals surface area contributed by atoms with Crippen LogP contribution in [0.3, 0.4) is 0 Å². The molecule has 33 heavy (non-hydrogen) atoms. The van der Waals surface area contributed by atoms with E-state index < -0.39 is 5.41 Å². The van der Waals surface area contributed by atoms with E-state index in [4.69, 9.17) is 9.47 Å². The fourth-order valence-electron chi connectivity index (χ4n) is 4.48. The first-order valence-corrected chi connectivity index (χ1v) is 11.7. The standard InChI is InChI=1S/C26H31N3O4/c1-2-32-25(31)26(15-18-33-22-9-4-3-5-10-22)14-8-17-29(20-26)24(30)13-12-21-19-28-16-7-6-11-23(28)27-21/h3-7,9-11,16,19H,2,8,12-15,17-18,20H2,1H3. The summed E-state index contributed by atoms with van der Waals surface area (Å²) in [5.74, 6) is 0.580. The van der Waals surface area contributed by atoms with Crippen molar-refractivity contribution < 1.29 is 19.1 Å². The number of nitrogens with zero attached hydrogens (tertiary/aromatic N) is 3. The van der Waals surface area contributed by atoms with Gasteiger partial charge in [-0.15, -0.1) is 0 Å². The van der Waals surface area contributed by atoms with Gasteiger partial charge < -0.3 is 18.8 Å². The molecule has 3 heterocycles. The molecular weight excluding hydrogens is 418 g/mol. The van der Waals surface area contributed by atoms with Crippen molar-refractivity contribution in [3.05, 3.63) is 66.6 Å². The van der Waals surface area contributed by atoms with E-state index >= 15 is 0 Å². The SMILES string of the molecule is CCOC(=O)C1(CCOc2ccccc2)CCCN(C(=O)CCc2cn3ccccc3n2)C1. The van der Waals surface area contributed by atoms with E-state index in [2.05, 4.69) is 4.98 Å². The number of ether oxygens (including phenoxy) is 2. The molecule has 1 unspecified atom stereocenters. The number of carbonyl (C=O) groups excluding carboxylic acids is 2. The van der Waals surface area contributed by atoms with Crippen molar-refractivity contribution >= 4 is 17.5 Å². The monoisotopic (exact) mass is 449 g/mol. The summed E-state index contributed by atoms with van der Waals surface area (Å²) in [6.07, 6.45) is 6.82. The Morgan fingerprint density at radius 1 is 1.12 bits per heavy atom. The maximum atomic E-state index is 13.1. The van der Waals surface area contributed by atoms with Gasteiger partial charge in [0.25, 0.3) is 0 Å². The van der Waals surface area contributed by atoms with Gasteiger partial charge in [0.1, 0.15) is 11.4 Å². The number of likely N-dealkylation sites (tertiary alicyclic amines) is 1. The summed E-state index contributed by atoms with van der Waals surface area (Å²) in [5.41, 5.74) is 1.03. The molecular formula is C26H31N3O4. The molecule has 1 atom stereocenters. The molecule has 1 aromatic carbocycles. The van der Waals surface area contributed by atoms with Crippen molar-refractivity contribution in [2.45, 2.75) is 39.0 Å². The van der Waals surface area contributed by atoms with Crippen LogP contribution in [0.4, 0.5) is 0 Å². The predicted octanol–water partition coefficient (Wildman–Crippen LogP) is 3.91. The normalized spacial score (nSPS) is 18.3. The lowest BCUT2D eigenvalue weighted by molar-refractivity contribution is -0.162. The van der Waals surface area contributed by atoms with Crippen molar-refractivity contribution in [1.82, 2.24) is 14.3 Å². The number of hydrogen-bond acceptors (Lipinski definition) is 5. The average molecular weight is 450 g/mol. The fourth-order valence-corrected chi connectivity index (χ4v) is 4.48. The Balaban J connectivity index is 1.39. The minimum Gasteiger partial charge on any atom is -0.494 e. The largest absolute Gasteiger partial charge is 0.494 e. The van der Waals surface area contributed by atoms with Gasteiger partial charge in [0, 0.05) is 31.9 Å². The van der Waals surface area contributed by atoms with Crippen LogP contribution in [-0.4, -0.2) is 52.5 Å². The smallest absolute Gasteiger partial charge is 0.314 e. The summed E-state index contributed by atoms with van der Waals surface area (Å²) in [4.78, 5) is 32.4. The maximum Gasteiger partial charge on any atom is 0.314 e. The molecule has 7 nitrogen and oxygen atoms in total. The highest BCUT2D eigenvalue weighted by atomic mass is 16.5. The van der Waals surface area contributed by atoms with Gasteiger partial charge in [-0.1, -0.05) is 24.3 Å². The maximum absolute atomic E-state index is 13.1. The van der Waals surface area contributed by atoms with E-state index in [-0.39, 0.29) is 11.9 Å².